The van der Waals surface area contributed by atoms with Gasteiger partial charge in [-0.25, -0.2) is 0 Å². The quantitative estimate of drug-likeness (QED) is 0.512. The minimum absolute atomic E-state index is 0.0453. The Balaban J connectivity index is 1.24. The third-order valence-corrected chi connectivity index (χ3v) is 4.59. The van der Waals surface area contributed by atoms with Crippen molar-refractivity contribution in [2.24, 2.45) is 0 Å². The lowest BCUT2D eigenvalue weighted by atomic mass is 10.0. The van der Waals surface area contributed by atoms with Crippen LogP contribution in [0.4, 0.5) is 5.69 Å². The first-order chi connectivity index (χ1) is 13.2. The van der Waals surface area contributed by atoms with Crippen LogP contribution in [0.25, 0.3) is 10.9 Å². The van der Waals surface area contributed by atoms with Crippen molar-refractivity contribution in [3.63, 3.8) is 0 Å². The number of ether oxygens (including phenoxy) is 1. The molecule has 1 aliphatic rings. The fourth-order valence-electron chi connectivity index (χ4n) is 3.20. The van der Waals surface area contributed by atoms with Crippen LogP contribution in [0.15, 0.2) is 42.7 Å². The van der Waals surface area contributed by atoms with Crippen molar-refractivity contribution in [2.75, 3.05) is 18.5 Å². The van der Waals surface area contributed by atoms with E-state index in [2.05, 4.69) is 20.6 Å². The zero-order chi connectivity index (χ0) is 18.6. The molecule has 27 heavy (non-hydrogen) atoms. The van der Waals surface area contributed by atoms with Gasteiger partial charge in [-0.15, -0.1) is 0 Å². The Labute approximate surface area is 156 Å². The van der Waals surface area contributed by atoms with Crippen molar-refractivity contribution in [3.8, 4) is 5.75 Å². The highest BCUT2D eigenvalue weighted by atomic mass is 16.5. The largest absolute Gasteiger partial charge is 0.491 e. The van der Waals surface area contributed by atoms with Crippen LogP contribution < -0.4 is 15.4 Å². The average Bonchev–Trinajstić information content (AvgIpc) is 3.09. The van der Waals surface area contributed by atoms with Gasteiger partial charge in [-0.3, -0.25) is 9.78 Å². The number of benzene rings is 1. The molecule has 7 nitrogen and oxygen atoms in total. The van der Waals surface area contributed by atoms with E-state index in [4.69, 9.17) is 4.74 Å². The van der Waals surface area contributed by atoms with Gasteiger partial charge in [0, 0.05) is 54.2 Å². The summed E-state index contributed by atoms with van der Waals surface area (Å²) in [4.78, 5) is 18.8. The predicted octanol–water partition coefficient (Wildman–Crippen LogP) is 1.98. The van der Waals surface area contributed by atoms with Crippen LogP contribution in [-0.2, 0) is 17.8 Å². The summed E-state index contributed by atoms with van der Waals surface area (Å²) in [6, 6.07) is 9.56. The molecule has 1 unspecified atom stereocenters. The zero-order valence-electron chi connectivity index (χ0n) is 14.9. The molecular formula is C20H22N4O3. The lowest BCUT2D eigenvalue weighted by Crippen LogP contribution is -2.31. The second-order valence-corrected chi connectivity index (χ2v) is 6.72. The van der Waals surface area contributed by atoms with Crippen molar-refractivity contribution in [1.29, 1.82) is 0 Å². The van der Waals surface area contributed by atoms with Gasteiger partial charge in [-0.1, -0.05) is 0 Å². The van der Waals surface area contributed by atoms with E-state index in [1.165, 1.54) is 0 Å². The summed E-state index contributed by atoms with van der Waals surface area (Å²) in [5, 5.41) is 17.3. The highest BCUT2D eigenvalue weighted by Crippen LogP contribution is 2.26. The Morgan fingerprint density at radius 1 is 1.26 bits per heavy atom. The maximum Gasteiger partial charge on any atom is 0.224 e. The van der Waals surface area contributed by atoms with Crippen LogP contribution in [-0.4, -0.2) is 40.2 Å². The van der Waals surface area contributed by atoms with Crippen LogP contribution in [0.2, 0.25) is 0 Å². The fourth-order valence-corrected chi connectivity index (χ4v) is 3.20. The van der Waals surface area contributed by atoms with Gasteiger partial charge in [0.2, 0.25) is 5.91 Å². The van der Waals surface area contributed by atoms with Crippen molar-refractivity contribution >= 4 is 22.5 Å². The molecule has 0 spiro atoms. The topological polar surface area (TPSA) is 99.3 Å². The van der Waals surface area contributed by atoms with Gasteiger partial charge in [0.1, 0.15) is 18.5 Å². The number of aliphatic hydroxyl groups is 1. The normalized spacial score (nSPS) is 14.6. The Morgan fingerprint density at radius 3 is 3.07 bits per heavy atom. The standard InChI is InChI=1S/C20H22N4O3/c25-16(11-22-10-15-7-14-9-21-6-5-19(14)23-15)12-27-17-2-3-18-13(8-17)1-4-20(26)24-18/h2-3,5-9,16,22-23,25H,1,4,10-12H2,(H,24,26). The lowest BCUT2D eigenvalue weighted by Gasteiger charge is -2.18. The maximum atomic E-state index is 11.4. The number of hydrogen-bond acceptors (Lipinski definition) is 5. The summed E-state index contributed by atoms with van der Waals surface area (Å²) < 4.78 is 5.69. The second-order valence-electron chi connectivity index (χ2n) is 6.72. The van der Waals surface area contributed by atoms with Crippen LogP contribution >= 0.6 is 0 Å². The monoisotopic (exact) mass is 366 g/mol. The van der Waals surface area contributed by atoms with Gasteiger partial charge >= 0.3 is 0 Å². The number of carbonyl (C=O) groups is 1. The molecule has 4 N–H and O–H groups in total. The number of aryl methyl sites for hydroxylation is 1. The number of pyridine rings is 1. The molecule has 0 saturated heterocycles. The smallest absolute Gasteiger partial charge is 0.224 e. The summed E-state index contributed by atoms with van der Waals surface area (Å²) in [5.41, 5.74) is 4.00. The average molecular weight is 366 g/mol. The highest BCUT2D eigenvalue weighted by molar-refractivity contribution is 5.94. The minimum atomic E-state index is -0.619. The van der Waals surface area contributed by atoms with E-state index in [1.807, 2.05) is 36.5 Å². The van der Waals surface area contributed by atoms with Gasteiger partial charge in [0.05, 0.1) is 0 Å². The van der Waals surface area contributed by atoms with E-state index >= 15 is 0 Å². The van der Waals surface area contributed by atoms with E-state index in [0.717, 1.165) is 27.8 Å². The third kappa shape index (κ3) is 4.27. The number of aromatic amines is 1. The molecule has 1 amide bonds. The summed E-state index contributed by atoms with van der Waals surface area (Å²) in [5.74, 6) is 0.746. The second kappa shape index (κ2) is 7.77. The van der Waals surface area contributed by atoms with Crippen LogP contribution in [0.3, 0.4) is 0 Å². The molecule has 0 bridgehead atoms. The Kier molecular flexibility index (Phi) is 5.04. The molecule has 7 heteroatoms. The first-order valence-electron chi connectivity index (χ1n) is 9.03. The number of nitrogens with one attached hydrogen (secondary N) is 3. The molecule has 3 heterocycles. The highest BCUT2D eigenvalue weighted by Gasteiger charge is 2.15. The molecule has 4 rings (SSSR count). The molecule has 0 radical (unpaired) electrons. The van der Waals surface area contributed by atoms with Crippen LogP contribution in [0.5, 0.6) is 5.75 Å². The Hall–Kier alpha value is -2.90. The molecule has 140 valence electrons. The first kappa shape index (κ1) is 17.5. The van der Waals surface area contributed by atoms with E-state index in [1.54, 1.807) is 6.20 Å². The number of hydrogen-bond donors (Lipinski definition) is 4. The third-order valence-electron chi connectivity index (χ3n) is 4.59. The fraction of sp³-hybridized carbons (Fsp3) is 0.300. The number of aliphatic hydroxyl groups excluding tert-OH is 1. The first-order valence-corrected chi connectivity index (χ1v) is 9.03. The molecular weight excluding hydrogens is 344 g/mol. The van der Waals surface area contributed by atoms with Gasteiger partial charge in [-0.2, -0.15) is 0 Å². The molecule has 0 saturated carbocycles. The number of amides is 1. The van der Waals surface area contributed by atoms with Crippen LogP contribution in [0, 0.1) is 0 Å². The van der Waals surface area contributed by atoms with Gasteiger partial charge in [0.25, 0.3) is 0 Å². The summed E-state index contributed by atoms with van der Waals surface area (Å²) in [6.45, 7) is 1.26. The molecule has 1 aliphatic heterocycles. The van der Waals surface area contributed by atoms with Crippen molar-refractivity contribution in [3.05, 3.63) is 54.0 Å². The minimum Gasteiger partial charge on any atom is -0.491 e. The molecule has 2 aromatic heterocycles. The van der Waals surface area contributed by atoms with E-state index in [0.29, 0.717) is 31.7 Å². The molecule has 1 atom stereocenters. The SMILES string of the molecule is O=C1CCc2cc(OCC(O)CNCc3cc4cnccc4[nH]3)ccc2N1. The van der Waals surface area contributed by atoms with Crippen molar-refractivity contribution in [2.45, 2.75) is 25.5 Å². The van der Waals surface area contributed by atoms with Gasteiger partial charge < -0.3 is 25.5 Å². The van der Waals surface area contributed by atoms with Crippen LogP contribution in [0.1, 0.15) is 17.7 Å². The predicted molar refractivity (Wildman–Crippen MR) is 103 cm³/mol. The molecule has 3 aromatic rings. The number of anilines is 1. The Morgan fingerprint density at radius 2 is 2.19 bits per heavy atom. The number of nitrogens with zero attached hydrogens (tertiary/aromatic N) is 1. The maximum absolute atomic E-state index is 11.4. The molecule has 1 aromatic carbocycles. The van der Waals surface area contributed by atoms with Crippen molar-refractivity contribution in [1.82, 2.24) is 15.3 Å². The summed E-state index contributed by atoms with van der Waals surface area (Å²) in [6.07, 6.45) is 4.16. The van der Waals surface area contributed by atoms with Gasteiger partial charge in [0.15, 0.2) is 0 Å². The molecule has 0 aliphatic carbocycles. The zero-order valence-corrected chi connectivity index (χ0v) is 14.9. The molecule has 0 fully saturated rings. The van der Waals surface area contributed by atoms with E-state index < -0.39 is 6.10 Å². The number of H-pyrrole nitrogens is 1. The summed E-state index contributed by atoms with van der Waals surface area (Å²) >= 11 is 0. The number of fused-ring (bicyclic) bond motifs is 2. The van der Waals surface area contributed by atoms with Gasteiger partial charge in [-0.05, 0) is 42.3 Å². The number of aromatic nitrogens is 2. The number of rotatable bonds is 7. The van der Waals surface area contributed by atoms with E-state index in [9.17, 15) is 9.90 Å². The van der Waals surface area contributed by atoms with E-state index in [-0.39, 0.29) is 12.5 Å². The summed E-state index contributed by atoms with van der Waals surface area (Å²) in [7, 11) is 0. The number of carbonyl (C=O) groups excluding carboxylic acids is 1. The Bertz CT molecular complexity index is 920. The lowest BCUT2D eigenvalue weighted by molar-refractivity contribution is -0.116. The van der Waals surface area contributed by atoms with Crippen molar-refractivity contribution < 1.29 is 14.6 Å².